The molecule has 158 valence electrons. The van der Waals surface area contributed by atoms with Gasteiger partial charge in [-0.2, -0.15) is 0 Å². The van der Waals surface area contributed by atoms with Gasteiger partial charge in [-0.25, -0.2) is 0 Å². The smallest absolute Gasteiger partial charge is 0.236 e. The summed E-state index contributed by atoms with van der Waals surface area (Å²) in [7, 11) is 0. The van der Waals surface area contributed by atoms with Crippen molar-refractivity contribution >= 4 is 11.8 Å². The first-order valence-corrected chi connectivity index (χ1v) is 10.7. The molecule has 1 atom stereocenters. The van der Waals surface area contributed by atoms with Crippen molar-refractivity contribution in [2.75, 3.05) is 32.7 Å². The molecule has 2 heterocycles. The number of nitrogens with zero attached hydrogens (tertiary/aromatic N) is 3. The van der Waals surface area contributed by atoms with Crippen LogP contribution in [0.4, 0.5) is 0 Å². The van der Waals surface area contributed by atoms with Gasteiger partial charge in [-0.15, -0.1) is 0 Å². The van der Waals surface area contributed by atoms with Gasteiger partial charge in [0.2, 0.25) is 11.8 Å². The van der Waals surface area contributed by atoms with E-state index in [2.05, 4.69) is 42.2 Å². The predicted octanol–water partition coefficient (Wildman–Crippen LogP) is 1.55. The Morgan fingerprint density at radius 2 is 1.73 bits per heavy atom. The average molecular weight is 407 g/mol. The molecule has 0 saturated carbocycles. The van der Waals surface area contributed by atoms with Crippen molar-refractivity contribution in [3.8, 4) is 0 Å². The molecular formula is C24H30N4O2. The number of carbonyl (C=O) groups is 2. The molecule has 0 aliphatic carbocycles. The molecule has 2 amide bonds. The minimum Gasteiger partial charge on any atom is -0.368 e. The van der Waals surface area contributed by atoms with Gasteiger partial charge in [-0.1, -0.05) is 54.1 Å². The lowest BCUT2D eigenvalue weighted by molar-refractivity contribution is -0.136. The summed E-state index contributed by atoms with van der Waals surface area (Å²) in [6, 6.07) is 16.2. The van der Waals surface area contributed by atoms with E-state index in [0.29, 0.717) is 13.0 Å². The minimum atomic E-state index is -0.425. The first-order valence-electron chi connectivity index (χ1n) is 10.7. The molecule has 4 rings (SSSR count). The highest BCUT2D eigenvalue weighted by molar-refractivity contribution is 5.83. The molecule has 2 aliphatic heterocycles. The molecule has 2 N–H and O–H groups in total. The molecule has 0 unspecified atom stereocenters. The third-order valence-electron chi connectivity index (χ3n) is 6.23. The van der Waals surface area contributed by atoms with Crippen molar-refractivity contribution in [1.29, 1.82) is 0 Å². The standard InChI is InChI=1S/C24H30N4O2/c1-18-5-4-6-19(13-18)15-26-9-11-27(12-10-26)23(29)17-28-16-21-8-3-2-7-20(21)14-22(28)24(25)30/h2-8,13,22H,9-12,14-17H2,1H3,(H2,25,30)/t22-/m0/s1. The molecule has 0 bridgehead atoms. The van der Waals surface area contributed by atoms with Crippen molar-refractivity contribution in [1.82, 2.24) is 14.7 Å². The molecule has 0 radical (unpaired) electrons. The van der Waals surface area contributed by atoms with Crippen LogP contribution in [0.2, 0.25) is 0 Å². The molecule has 2 aliphatic rings. The second-order valence-corrected chi connectivity index (χ2v) is 8.44. The summed E-state index contributed by atoms with van der Waals surface area (Å²) >= 11 is 0. The summed E-state index contributed by atoms with van der Waals surface area (Å²) in [5, 5.41) is 0. The lowest BCUT2D eigenvalue weighted by Gasteiger charge is -2.38. The highest BCUT2D eigenvalue weighted by atomic mass is 16.2. The predicted molar refractivity (Wildman–Crippen MR) is 117 cm³/mol. The Morgan fingerprint density at radius 1 is 1.00 bits per heavy atom. The van der Waals surface area contributed by atoms with Gasteiger partial charge in [0.1, 0.15) is 0 Å². The van der Waals surface area contributed by atoms with Crippen molar-refractivity contribution < 1.29 is 9.59 Å². The zero-order valence-corrected chi connectivity index (χ0v) is 17.6. The largest absolute Gasteiger partial charge is 0.368 e. The van der Waals surface area contributed by atoms with Crippen LogP contribution in [0.25, 0.3) is 0 Å². The van der Waals surface area contributed by atoms with Crippen LogP contribution in [-0.4, -0.2) is 65.3 Å². The van der Waals surface area contributed by atoms with Gasteiger partial charge < -0.3 is 10.6 Å². The fourth-order valence-electron chi connectivity index (χ4n) is 4.52. The number of piperazine rings is 1. The van der Waals surface area contributed by atoms with Crippen molar-refractivity contribution in [3.05, 3.63) is 70.8 Å². The van der Waals surface area contributed by atoms with Gasteiger partial charge in [0, 0.05) is 39.3 Å². The minimum absolute atomic E-state index is 0.0795. The second-order valence-electron chi connectivity index (χ2n) is 8.44. The fourth-order valence-corrected chi connectivity index (χ4v) is 4.52. The topological polar surface area (TPSA) is 69.9 Å². The summed E-state index contributed by atoms with van der Waals surface area (Å²) in [6.45, 7) is 7.01. The first-order chi connectivity index (χ1) is 14.5. The average Bonchev–Trinajstić information content (AvgIpc) is 2.73. The summed E-state index contributed by atoms with van der Waals surface area (Å²) in [4.78, 5) is 31.2. The monoisotopic (exact) mass is 406 g/mol. The van der Waals surface area contributed by atoms with Gasteiger partial charge in [-0.3, -0.25) is 19.4 Å². The van der Waals surface area contributed by atoms with Crippen molar-refractivity contribution in [2.24, 2.45) is 5.73 Å². The fraction of sp³-hybridized carbons (Fsp3) is 0.417. The molecule has 1 fully saturated rings. The summed E-state index contributed by atoms with van der Waals surface area (Å²) in [5.74, 6) is -0.281. The molecule has 6 heteroatoms. The van der Waals surface area contributed by atoms with E-state index >= 15 is 0 Å². The molecule has 6 nitrogen and oxygen atoms in total. The van der Waals surface area contributed by atoms with E-state index in [-0.39, 0.29) is 18.4 Å². The van der Waals surface area contributed by atoms with Crippen LogP contribution in [0.15, 0.2) is 48.5 Å². The Hall–Kier alpha value is -2.70. The Morgan fingerprint density at radius 3 is 2.43 bits per heavy atom. The third kappa shape index (κ3) is 4.71. The quantitative estimate of drug-likeness (QED) is 0.818. The van der Waals surface area contributed by atoms with Gasteiger partial charge in [0.15, 0.2) is 0 Å². The lowest BCUT2D eigenvalue weighted by Crippen LogP contribution is -2.55. The Labute approximate surface area is 178 Å². The number of primary amides is 1. The first kappa shape index (κ1) is 20.6. The molecule has 0 aromatic heterocycles. The number of hydrogen-bond acceptors (Lipinski definition) is 4. The van der Waals surface area contributed by atoms with E-state index in [4.69, 9.17) is 5.73 Å². The van der Waals surface area contributed by atoms with E-state index in [0.717, 1.165) is 38.3 Å². The maximum absolute atomic E-state index is 13.0. The van der Waals surface area contributed by atoms with E-state index in [1.807, 2.05) is 28.0 Å². The Balaban J connectivity index is 1.33. The Kier molecular flexibility index (Phi) is 6.16. The normalized spacial score (nSPS) is 20.0. The molecule has 30 heavy (non-hydrogen) atoms. The van der Waals surface area contributed by atoms with Crippen LogP contribution < -0.4 is 5.73 Å². The number of rotatable bonds is 5. The molecule has 1 saturated heterocycles. The third-order valence-corrected chi connectivity index (χ3v) is 6.23. The van der Waals surface area contributed by atoms with Crippen LogP contribution in [0.5, 0.6) is 0 Å². The number of carbonyl (C=O) groups excluding carboxylic acids is 2. The van der Waals surface area contributed by atoms with Gasteiger partial charge in [-0.05, 0) is 30.0 Å². The summed E-state index contributed by atoms with van der Waals surface area (Å²) in [5.41, 5.74) is 10.6. The maximum atomic E-state index is 13.0. The zero-order valence-electron chi connectivity index (χ0n) is 17.6. The molecule has 2 aromatic carbocycles. The van der Waals surface area contributed by atoms with E-state index < -0.39 is 6.04 Å². The SMILES string of the molecule is Cc1cccc(CN2CCN(C(=O)CN3Cc4ccccc4C[C@H]3C(N)=O)CC2)c1. The molecule has 0 spiro atoms. The van der Waals surface area contributed by atoms with Crippen molar-refractivity contribution in [3.63, 3.8) is 0 Å². The zero-order chi connectivity index (χ0) is 21.1. The van der Waals surface area contributed by atoms with Crippen LogP contribution in [0.1, 0.15) is 22.3 Å². The van der Waals surface area contributed by atoms with Crippen LogP contribution in [0, 0.1) is 6.92 Å². The summed E-state index contributed by atoms with van der Waals surface area (Å²) in [6.07, 6.45) is 0.572. The van der Waals surface area contributed by atoms with Crippen LogP contribution >= 0.6 is 0 Å². The number of fused-ring (bicyclic) bond motifs is 1. The molecule has 2 aromatic rings. The second kappa shape index (κ2) is 8.98. The van der Waals surface area contributed by atoms with Gasteiger partial charge in [0.05, 0.1) is 12.6 Å². The van der Waals surface area contributed by atoms with Crippen molar-refractivity contribution in [2.45, 2.75) is 32.5 Å². The highest BCUT2D eigenvalue weighted by Crippen LogP contribution is 2.23. The van der Waals surface area contributed by atoms with E-state index in [1.165, 1.54) is 16.7 Å². The summed E-state index contributed by atoms with van der Waals surface area (Å²) < 4.78 is 0. The maximum Gasteiger partial charge on any atom is 0.236 e. The van der Waals surface area contributed by atoms with Gasteiger partial charge >= 0.3 is 0 Å². The van der Waals surface area contributed by atoms with E-state index in [9.17, 15) is 9.59 Å². The van der Waals surface area contributed by atoms with Crippen LogP contribution in [0.3, 0.4) is 0 Å². The number of hydrogen-bond donors (Lipinski definition) is 1. The van der Waals surface area contributed by atoms with Gasteiger partial charge in [0.25, 0.3) is 0 Å². The number of aryl methyl sites for hydroxylation is 1. The van der Waals surface area contributed by atoms with E-state index in [1.54, 1.807) is 0 Å². The lowest BCUT2D eigenvalue weighted by atomic mass is 9.93. The highest BCUT2D eigenvalue weighted by Gasteiger charge is 2.32. The number of benzene rings is 2. The van der Waals surface area contributed by atoms with Crippen LogP contribution in [-0.2, 0) is 29.1 Å². The Bertz CT molecular complexity index is 921. The number of nitrogens with two attached hydrogens (primary N) is 1. The number of amides is 2. The molecular weight excluding hydrogens is 376 g/mol.